The molecule has 0 spiro atoms. The van der Waals surface area contributed by atoms with Crippen LogP contribution in [-0.2, 0) is 9.59 Å². The van der Waals surface area contributed by atoms with Gasteiger partial charge in [-0.3, -0.25) is 14.4 Å². The van der Waals surface area contributed by atoms with Gasteiger partial charge in [0.1, 0.15) is 5.82 Å². The lowest BCUT2D eigenvalue weighted by atomic mass is 10.0. The van der Waals surface area contributed by atoms with E-state index in [-0.39, 0.29) is 35.9 Å². The number of amides is 3. The summed E-state index contributed by atoms with van der Waals surface area (Å²) in [6, 6.07) is 15.2. The Morgan fingerprint density at radius 1 is 1.00 bits per heavy atom. The Hall–Kier alpha value is -3.48. The van der Waals surface area contributed by atoms with Gasteiger partial charge in [-0.15, -0.1) is 0 Å². The van der Waals surface area contributed by atoms with E-state index in [1.165, 1.54) is 18.2 Å². The van der Waals surface area contributed by atoms with Gasteiger partial charge in [0.15, 0.2) is 0 Å². The topological polar surface area (TPSA) is 78.5 Å². The number of hydrogen-bond acceptors (Lipinski definition) is 3. The highest BCUT2D eigenvalue weighted by atomic mass is 19.1. The Kier molecular flexibility index (Phi) is 7.32. The molecule has 3 amide bonds. The lowest BCUT2D eigenvalue weighted by molar-refractivity contribution is -0.124. The fourth-order valence-electron chi connectivity index (χ4n) is 3.27. The summed E-state index contributed by atoms with van der Waals surface area (Å²) >= 11 is 0. The van der Waals surface area contributed by atoms with Crippen LogP contribution in [0.5, 0.6) is 0 Å². The number of halogens is 1. The summed E-state index contributed by atoms with van der Waals surface area (Å²) < 4.78 is 13.8. The fourth-order valence-corrected chi connectivity index (χ4v) is 3.27. The molecule has 156 valence electrons. The lowest BCUT2D eigenvalue weighted by Crippen LogP contribution is -2.48. The van der Waals surface area contributed by atoms with Crippen LogP contribution in [-0.4, -0.2) is 48.3 Å². The van der Waals surface area contributed by atoms with Crippen LogP contribution in [0.25, 0.3) is 6.08 Å². The summed E-state index contributed by atoms with van der Waals surface area (Å²) in [4.78, 5) is 38.0. The molecule has 7 heteroatoms. The largest absolute Gasteiger partial charge is 0.352 e. The molecule has 2 aromatic rings. The SMILES string of the molecule is O=C(/C=C/c1ccccc1)NCC(=O)NC1CCN(C(=O)c2ccccc2F)CC1. The van der Waals surface area contributed by atoms with Gasteiger partial charge in [0.25, 0.3) is 5.91 Å². The van der Waals surface area contributed by atoms with E-state index in [0.29, 0.717) is 25.9 Å². The second-order valence-electron chi connectivity index (χ2n) is 7.08. The molecule has 30 heavy (non-hydrogen) atoms. The Balaban J connectivity index is 1.39. The van der Waals surface area contributed by atoms with Crippen LogP contribution in [0.15, 0.2) is 60.7 Å². The van der Waals surface area contributed by atoms with E-state index in [1.807, 2.05) is 30.3 Å². The molecule has 0 atom stereocenters. The van der Waals surface area contributed by atoms with Crippen molar-refractivity contribution in [2.75, 3.05) is 19.6 Å². The second kappa shape index (κ2) is 10.3. The van der Waals surface area contributed by atoms with Crippen LogP contribution in [0, 0.1) is 5.82 Å². The predicted molar refractivity (Wildman–Crippen MR) is 112 cm³/mol. The van der Waals surface area contributed by atoms with E-state index in [2.05, 4.69) is 10.6 Å². The van der Waals surface area contributed by atoms with Crippen LogP contribution >= 0.6 is 0 Å². The monoisotopic (exact) mass is 409 g/mol. The molecule has 0 bridgehead atoms. The number of benzene rings is 2. The van der Waals surface area contributed by atoms with Gasteiger partial charge in [-0.25, -0.2) is 4.39 Å². The van der Waals surface area contributed by atoms with Crippen molar-refractivity contribution in [1.82, 2.24) is 15.5 Å². The van der Waals surface area contributed by atoms with Gasteiger partial charge in [-0.1, -0.05) is 42.5 Å². The Labute approximate surface area is 174 Å². The second-order valence-corrected chi connectivity index (χ2v) is 7.08. The molecule has 1 saturated heterocycles. The third-order valence-corrected chi connectivity index (χ3v) is 4.90. The van der Waals surface area contributed by atoms with Crippen LogP contribution in [0.1, 0.15) is 28.8 Å². The molecule has 1 heterocycles. The van der Waals surface area contributed by atoms with Crippen molar-refractivity contribution >= 4 is 23.8 Å². The summed E-state index contributed by atoms with van der Waals surface area (Å²) in [5, 5.41) is 5.42. The highest BCUT2D eigenvalue weighted by Crippen LogP contribution is 2.16. The van der Waals surface area contributed by atoms with Crippen molar-refractivity contribution in [3.63, 3.8) is 0 Å². The Bertz CT molecular complexity index is 922. The van der Waals surface area contributed by atoms with Gasteiger partial charge in [0.05, 0.1) is 12.1 Å². The number of nitrogens with one attached hydrogen (secondary N) is 2. The Morgan fingerprint density at radius 3 is 2.37 bits per heavy atom. The van der Waals surface area contributed by atoms with Crippen LogP contribution in [0.3, 0.4) is 0 Å². The first-order valence-electron chi connectivity index (χ1n) is 9.87. The summed E-state index contributed by atoms with van der Waals surface area (Å²) in [6.07, 6.45) is 4.21. The quantitative estimate of drug-likeness (QED) is 0.719. The van der Waals surface area contributed by atoms with Gasteiger partial charge in [0.2, 0.25) is 11.8 Å². The van der Waals surface area contributed by atoms with E-state index in [1.54, 1.807) is 23.1 Å². The normalized spacial score (nSPS) is 14.5. The van der Waals surface area contributed by atoms with Gasteiger partial charge in [-0.2, -0.15) is 0 Å². The van der Waals surface area contributed by atoms with Crippen molar-refractivity contribution in [3.05, 3.63) is 77.6 Å². The number of nitrogens with zero attached hydrogens (tertiary/aromatic N) is 1. The molecule has 1 aliphatic heterocycles. The van der Waals surface area contributed by atoms with Crippen LogP contribution < -0.4 is 10.6 Å². The van der Waals surface area contributed by atoms with Crippen molar-refractivity contribution in [2.24, 2.45) is 0 Å². The molecule has 0 unspecified atom stereocenters. The van der Waals surface area contributed by atoms with Crippen molar-refractivity contribution in [3.8, 4) is 0 Å². The highest BCUT2D eigenvalue weighted by Gasteiger charge is 2.25. The summed E-state index contributed by atoms with van der Waals surface area (Å²) in [6.45, 7) is 0.751. The number of rotatable bonds is 6. The standard InChI is InChI=1S/C23H24FN3O3/c24-20-9-5-4-8-19(20)23(30)27-14-12-18(13-15-27)26-22(29)16-25-21(28)11-10-17-6-2-1-3-7-17/h1-11,18H,12-16H2,(H,25,28)(H,26,29)/b11-10+. The van der Waals surface area contributed by atoms with Gasteiger partial charge in [-0.05, 0) is 36.6 Å². The van der Waals surface area contributed by atoms with Crippen molar-refractivity contribution < 1.29 is 18.8 Å². The molecule has 0 aliphatic carbocycles. The molecule has 1 aliphatic rings. The number of likely N-dealkylation sites (tertiary alicyclic amines) is 1. The van der Waals surface area contributed by atoms with E-state index in [9.17, 15) is 18.8 Å². The smallest absolute Gasteiger partial charge is 0.256 e. The van der Waals surface area contributed by atoms with E-state index < -0.39 is 5.82 Å². The molecule has 0 aromatic heterocycles. The minimum atomic E-state index is -0.532. The molecular formula is C23H24FN3O3. The molecular weight excluding hydrogens is 385 g/mol. The van der Waals surface area contributed by atoms with Gasteiger partial charge < -0.3 is 15.5 Å². The third-order valence-electron chi connectivity index (χ3n) is 4.90. The van der Waals surface area contributed by atoms with Gasteiger partial charge >= 0.3 is 0 Å². The average molecular weight is 409 g/mol. The van der Waals surface area contributed by atoms with Crippen molar-refractivity contribution in [1.29, 1.82) is 0 Å². The zero-order valence-corrected chi connectivity index (χ0v) is 16.5. The van der Waals surface area contributed by atoms with Crippen molar-refractivity contribution in [2.45, 2.75) is 18.9 Å². The maximum Gasteiger partial charge on any atom is 0.256 e. The fraction of sp³-hybridized carbons (Fsp3) is 0.261. The first-order valence-corrected chi connectivity index (χ1v) is 9.87. The highest BCUT2D eigenvalue weighted by molar-refractivity contribution is 5.95. The third kappa shape index (κ3) is 6.01. The zero-order valence-electron chi connectivity index (χ0n) is 16.5. The predicted octanol–water partition coefficient (Wildman–Crippen LogP) is 2.38. The first-order chi connectivity index (χ1) is 14.5. The summed E-state index contributed by atoms with van der Waals surface area (Å²) in [7, 11) is 0. The van der Waals surface area contributed by atoms with E-state index in [4.69, 9.17) is 0 Å². The van der Waals surface area contributed by atoms with Crippen LogP contribution in [0.2, 0.25) is 0 Å². The maximum absolute atomic E-state index is 13.8. The molecule has 6 nitrogen and oxygen atoms in total. The number of carbonyl (C=O) groups is 3. The number of hydrogen-bond donors (Lipinski definition) is 2. The molecule has 2 aromatic carbocycles. The van der Waals surface area contributed by atoms with Gasteiger partial charge in [0, 0.05) is 25.2 Å². The molecule has 1 fully saturated rings. The minimum Gasteiger partial charge on any atom is -0.352 e. The molecule has 2 N–H and O–H groups in total. The van der Waals surface area contributed by atoms with E-state index >= 15 is 0 Å². The van der Waals surface area contributed by atoms with Crippen LogP contribution in [0.4, 0.5) is 4.39 Å². The van der Waals surface area contributed by atoms with E-state index in [0.717, 1.165) is 5.56 Å². The minimum absolute atomic E-state index is 0.0613. The Morgan fingerprint density at radius 2 is 1.67 bits per heavy atom. The average Bonchev–Trinajstić information content (AvgIpc) is 2.77. The number of piperidine rings is 1. The lowest BCUT2D eigenvalue weighted by Gasteiger charge is -2.32. The summed E-state index contributed by atoms with van der Waals surface area (Å²) in [5.41, 5.74) is 0.958. The number of carbonyl (C=O) groups excluding carboxylic acids is 3. The molecule has 0 saturated carbocycles. The maximum atomic E-state index is 13.8. The summed E-state index contributed by atoms with van der Waals surface area (Å²) in [5.74, 6) is -1.50. The molecule has 3 rings (SSSR count). The first kappa shape index (κ1) is 21.2. The zero-order chi connectivity index (χ0) is 21.3. The molecule has 0 radical (unpaired) electrons.